The van der Waals surface area contributed by atoms with Crippen LogP contribution in [-0.4, -0.2) is 35.5 Å². The van der Waals surface area contributed by atoms with Crippen LogP contribution in [-0.2, 0) is 0 Å². The van der Waals surface area contributed by atoms with Crippen molar-refractivity contribution in [2.24, 2.45) is 21.5 Å². The number of rotatable bonds is 5. The van der Waals surface area contributed by atoms with Crippen molar-refractivity contribution in [1.82, 2.24) is 5.32 Å². The Morgan fingerprint density at radius 3 is 2.71 bits per heavy atom. The third kappa shape index (κ3) is 4.18. The molecule has 0 fully saturated rings. The van der Waals surface area contributed by atoms with Crippen LogP contribution in [0.25, 0.3) is 0 Å². The van der Waals surface area contributed by atoms with E-state index < -0.39 is 17.0 Å². The number of non-ortho nitro benzene ring substituents is 1. The van der Waals surface area contributed by atoms with E-state index in [9.17, 15) is 14.9 Å². The van der Waals surface area contributed by atoms with E-state index in [2.05, 4.69) is 15.3 Å². The van der Waals surface area contributed by atoms with Crippen LogP contribution in [0.15, 0.2) is 58.5 Å². The number of guanidine groups is 2. The minimum absolute atomic E-state index is 0.0228. The molecule has 0 spiro atoms. The molecule has 0 saturated carbocycles. The average molecular weight is 402 g/mol. The van der Waals surface area contributed by atoms with Crippen molar-refractivity contribution < 1.29 is 9.72 Å². The van der Waals surface area contributed by atoms with Crippen molar-refractivity contribution in [2.75, 3.05) is 11.4 Å². The fourth-order valence-corrected chi connectivity index (χ4v) is 2.86. The molecular formula is C17H16ClN7O3. The molecule has 11 heteroatoms. The number of carbonyl (C=O) groups is 1. The van der Waals surface area contributed by atoms with E-state index in [-0.39, 0.29) is 29.7 Å². The topological polar surface area (TPSA) is 152 Å². The van der Waals surface area contributed by atoms with Crippen LogP contribution in [0.3, 0.4) is 0 Å². The minimum Gasteiger partial charge on any atom is -0.369 e. The van der Waals surface area contributed by atoms with Crippen LogP contribution >= 0.6 is 11.6 Å². The summed E-state index contributed by atoms with van der Waals surface area (Å²) in [6, 6.07) is 12.3. The number of anilines is 1. The lowest BCUT2D eigenvalue weighted by Gasteiger charge is -2.32. The summed E-state index contributed by atoms with van der Waals surface area (Å²) in [7, 11) is 0. The van der Waals surface area contributed by atoms with E-state index in [0.717, 1.165) is 0 Å². The highest BCUT2D eigenvalue weighted by Gasteiger charge is 2.26. The number of hydrogen-bond acceptors (Lipinski definition) is 8. The molecule has 0 saturated heterocycles. The van der Waals surface area contributed by atoms with Gasteiger partial charge in [0.2, 0.25) is 11.9 Å². The molecule has 0 unspecified atom stereocenters. The van der Waals surface area contributed by atoms with Crippen molar-refractivity contribution in [3.05, 3.63) is 69.2 Å². The quantitative estimate of drug-likeness (QED) is 0.509. The van der Waals surface area contributed by atoms with Gasteiger partial charge in [-0.3, -0.25) is 19.8 Å². The summed E-state index contributed by atoms with van der Waals surface area (Å²) in [5.74, 6) is -0.417. The zero-order chi connectivity index (χ0) is 20.3. The van der Waals surface area contributed by atoms with Gasteiger partial charge in [-0.25, -0.2) is 4.99 Å². The lowest BCUT2D eigenvalue weighted by atomic mass is 10.2. The standard InChI is InChI=1S/C17H16ClN7O3/c18-11-4-2-5-12(8-11)24-14(22-16(19)23-17(24)20)9-21-15(26)10-3-1-6-13(7-10)25(27)28/h1-8,14H,9H2,(H,21,26)(H4,19,20,22,23)/t14-/m1/s1. The Bertz CT molecular complexity index is 992. The van der Waals surface area contributed by atoms with Crippen LogP contribution in [0, 0.1) is 10.1 Å². The van der Waals surface area contributed by atoms with Crippen molar-refractivity contribution in [3.63, 3.8) is 0 Å². The zero-order valence-electron chi connectivity index (χ0n) is 14.4. The predicted octanol–water partition coefficient (Wildman–Crippen LogP) is 1.45. The number of benzene rings is 2. The number of halogens is 1. The Kier molecular flexibility index (Phi) is 5.41. The van der Waals surface area contributed by atoms with Gasteiger partial charge in [-0.05, 0) is 24.3 Å². The highest BCUT2D eigenvalue weighted by Crippen LogP contribution is 2.23. The molecule has 0 bridgehead atoms. The second-order valence-corrected chi connectivity index (χ2v) is 6.24. The molecular weight excluding hydrogens is 386 g/mol. The summed E-state index contributed by atoms with van der Waals surface area (Å²) in [5, 5.41) is 14.1. The first-order valence-electron chi connectivity index (χ1n) is 8.10. The van der Waals surface area contributed by atoms with Crippen LogP contribution in [0.4, 0.5) is 11.4 Å². The molecule has 0 radical (unpaired) electrons. The van der Waals surface area contributed by atoms with E-state index in [1.807, 2.05) is 0 Å². The van der Waals surface area contributed by atoms with Crippen molar-refractivity contribution in [3.8, 4) is 0 Å². The third-order valence-corrected chi connectivity index (χ3v) is 4.14. The first-order valence-corrected chi connectivity index (χ1v) is 8.48. The number of nitro benzene ring substituents is 1. The first kappa shape index (κ1) is 19.1. The Labute approximate surface area is 164 Å². The average Bonchev–Trinajstić information content (AvgIpc) is 2.65. The summed E-state index contributed by atoms with van der Waals surface area (Å²) >= 11 is 6.04. The number of aliphatic imine (C=N–C) groups is 2. The third-order valence-electron chi connectivity index (χ3n) is 3.91. The van der Waals surface area contributed by atoms with E-state index in [0.29, 0.717) is 10.7 Å². The zero-order valence-corrected chi connectivity index (χ0v) is 15.2. The number of nitro groups is 1. The van der Waals surface area contributed by atoms with Gasteiger partial charge < -0.3 is 16.8 Å². The fourth-order valence-electron chi connectivity index (χ4n) is 2.68. The molecule has 1 aliphatic rings. The highest BCUT2D eigenvalue weighted by molar-refractivity contribution is 6.31. The van der Waals surface area contributed by atoms with Crippen LogP contribution < -0.4 is 21.7 Å². The summed E-state index contributed by atoms with van der Waals surface area (Å²) in [6.45, 7) is 0.0327. The lowest BCUT2D eigenvalue weighted by Crippen LogP contribution is -2.52. The molecule has 144 valence electrons. The molecule has 1 heterocycles. The van der Waals surface area contributed by atoms with Crippen molar-refractivity contribution in [1.29, 1.82) is 0 Å². The molecule has 2 aromatic rings. The van der Waals surface area contributed by atoms with E-state index >= 15 is 0 Å². The molecule has 0 aromatic heterocycles. The number of hydrogen-bond donors (Lipinski definition) is 3. The van der Waals surface area contributed by atoms with Gasteiger partial charge in [0.1, 0.15) is 6.17 Å². The SMILES string of the molecule is NC1=N[C@@H](CNC(=O)c2cccc([N+](=O)[O-])c2)N(c2cccc(Cl)c2)C(N)=N1. The van der Waals surface area contributed by atoms with E-state index in [4.69, 9.17) is 23.1 Å². The maximum atomic E-state index is 12.4. The van der Waals surface area contributed by atoms with Crippen LogP contribution in [0.5, 0.6) is 0 Å². The van der Waals surface area contributed by atoms with Gasteiger partial charge in [-0.2, -0.15) is 4.99 Å². The van der Waals surface area contributed by atoms with Crippen LogP contribution in [0.1, 0.15) is 10.4 Å². The van der Waals surface area contributed by atoms with E-state index in [1.54, 1.807) is 29.2 Å². The van der Waals surface area contributed by atoms with Crippen LogP contribution in [0.2, 0.25) is 5.02 Å². The Morgan fingerprint density at radius 1 is 1.25 bits per heavy atom. The van der Waals surface area contributed by atoms with Gasteiger partial charge in [0.15, 0.2) is 0 Å². The number of nitrogens with two attached hydrogens (primary N) is 2. The number of amides is 1. The Morgan fingerprint density at radius 2 is 2.00 bits per heavy atom. The van der Waals surface area contributed by atoms with Gasteiger partial charge in [-0.15, -0.1) is 0 Å². The summed E-state index contributed by atoms with van der Waals surface area (Å²) < 4.78 is 0. The highest BCUT2D eigenvalue weighted by atomic mass is 35.5. The minimum atomic E-state index is -0.668. The normalized spacial score (nSPS) is 16.2. The molecule has 1 amide bonds. The molecule has 3 rings (SSSR count). The Hall–Kier alpha value is -3.66. The molecule has 1 aliphatic heterocycles. The number of carbonyl (C=O) groups excluding carboxylic acids is 1. The monoisotopic (exact) mass is 401 g/mol. The largest absolute Gasteiger partial charge is 0.369 e. The lowest BCUT2D eigenvalue weighted by molar-refractivity contribution is -0.384. The smallest absolute Gasteiger partial charge is 0.270 e. The van der Waals surface area contributed by atoms with Crippen molar-refractivity contribution >= 4 is 40.8 Å². The maximum Gasteiger partial charge on any atom is 0.270 e. The number of nitrogens with one attached hydrogen (secondary N) is 1. The fraction of sp³-hybridized carbons (Fsp3) is 0.118. The predicted molar refractivity (Wildman–Crippen MR) is 106 cm³/mol. The van der Waals surface area contributed by atoms with Gasteiger partial charge in [0.25, 0.3) is 11.6 Å². The second-order valence-electron chi connectivity index (χ2n) is 5.81. The maximum absolute atomic E-state index is 12.4. The van der Waals surface area contributed by atoms with Gasteiger partial charge in [0.05, 0.1) is 11.5 Å². The van der Waals surface area contributed by atoms with Crippen molar-refractivity contribution in [2.45, 2.75) is 6.17 Å². The van der Waals surface area contributed by atoms with Gasteiger partial charge in [-0.1, -0.05) is 23.7 Å². The molecule has 5 N–H and O–H groups in total. The summed E-state index contributed by atoms with van der Waals surface area (Å²) in [4.78, 5) is 32.5. The van der Waals surface area contributed by atoms with E-state index in [1.165, 1.54) is 24.3 Å². The first-order chi connectivity index (χ1) is 13.3. The Balaban J connectivity index is 1.79. The molecule has 28 heavy (non-hydrogen) atoms. The summed E-state index contributed by atoms with van der Waals surface area (Å²) in [5.41, 5.74) is 12.3. The second kappa shape index (κ2) is 7.92. The van der Waals surface area contributed by atoms with Gasteiger partial charge >= 0.3 is 0 Å². The number of nitrogens with zero attached hydrogens (tertiary/aromatic N) is 4. The molecule has 0 aliphatic carbocycles. The summed E-state index contributed by atoms with van der Waals surface area (Å²) in [6.07, 6.45) is -0.668. The molecule has 2 aromatic carbocycles. The molecule has 1 atom stereocenters. The molecule has 10 nitrogen and oxygen atoms in total. The van der Waals surface area contributed by atoms with Gasteiger partial charge in [0, 0.05) is 28.4 Å².